The summed E-state index contributed by atoms with van der Waals surface area (Å²) in [6, 6.07) is 12.4. The van der Waals surface area contributed by atoms with E-state index in [-0.39, 0.29) is 5.82 Å². The van der Waals surface area contributed by atoms with Gasteiger partial charge in [-0.2, -0.15) is 0 Å². The van der Waals surface area contributed by atoms with E-state index >= 15 is 0 Å². The van der Waals surface area contributed by atoms with Gasteiger partial charge in [0.2, 0.25) is 0 Å². The quantitative estimate of drug-likeness (QED) is 0.658. The molecule has 2 nitrogen and oxygen atoms in total. The van der Waals surface area contributed by atoms with E-state index in [9.17, 15) is 4.39 Å². The van der Waals surface area contributed by atoms with E-state index in [1.165, 1.54) is 6.07 Å². The molecule has 16 heavy (non-hydrogen) atoms. The second-order valence-corrected chi connectivity index (χ2v) is 3.61. The van der Waals surface area contributed by atoms with Crippen LogP contribution in [0.25, 0.3) is 22.2 Å². The summed E-state index contributed by atoms with van der Waals surface area (Å²) >= 11 is 0. The molecule has 2 aromatic carbocycles. The average Bonchev–Trinajstić information content (AvgIpc) is 2.76. The largest absolute Gasteiger partial charge is 0.345 e. The molecule has 1 aromatic heterocycles. The molecule has 0 spiro atoms. The van der Waals surface area contributed by atoms with E-state index in [0.717, 1.165) is 16.6 Å². The average molecular weight is 212 g/mol. The Kier molecular flexibility index (Phi) is 1.96. The highest BCUT2D eigenvalue weighted by atomic mass is 19.1. The first kappa shape index (κ1) is 9.09. The molecule has 3 rings (SSSR count). The predicted molar refractivity (Wildman–Crippen MR) is 61.5 cm³/mol. The van der Waals surface area contributed by atoms with Gasteiger partial charge in [0.05, 0.1) is 17.4 Å². The fourth-order valence-corrected chi connectivity index (χ4v) is 1.80. The highest BCUT2D eigenvalue weighted by Crippen LogP contribution is 2.24. The van der Waals surface area contributed by atoms with Crippen LogP contribution in [0, 0.1) is 5.82 Å². The van der Waals surface area contributed by atoms with Crippen molar-refractivity contribution in [3.8, 4) is 11.1 Å². The molecule has 0 bridgehead atoms. The fourth-order valence-electron chi connectivity index (χ4n) is 1.80. The number of rotatable bonds is 1. The van der Waals surface area contributed by atoms with E-state index in [1.807, 2.05) is 24.3 Å². The van der Waals surface area contributed by atoms with Crippen molar-refractivity contribution in [2.24, 2.45) is 0 Å². The smallest absolute Gasteiger partial charge is 0.131 e. The van der Waals surface area contributed by atoms with E-state index in [1.54, 1.807) is 18.5 Å². The number of H-pyrrole nitrogens is 1. The number of benzene rings is 2. The first-order valence-corrected chi connectivity index (χ1v) is 5.02. The Morgan fingerprint density at radius 2 is 1.94 bits per heavy atom. The monoisotopic (exact) mass is 212 g/mol. The van der Waals surface area contributed by atoms with Gasteiger partial charge in [-0.05, 0) is 23.8 Å². The number of aromatic amines is 1. The van der Waals surface area contributed by atoms with Gasteiger partial charge in [-0.15, -0.1) is 0 Å². The third-order valence-electron chi connectivity index (χ3n) is 2.61. The zero-order valence-electron chi connectivity index (χ0n) is 8.44. The molecule has 0 aliphatic carbocycles. The van der Waals surface area contributed by atoms with Crippen molar-refractivity contribution in [2.45, 2.75) is 0 Å². The molecule has 0 saturated heterocycles. The summed E-state index contributed by atoms with van der Waals surface area (Å²) in [7, 11) is 0. The maximum atomic E-state index is 13.6. The van der Waals surface area contributed by atoms with Crippen molar-refractivity contribution in [2.75, 3.05) is 0 Å². The topological polar surface area (TPSA) is 28.7 Å². The van der Waals surface area contributed by atoms with Crippen LogP contribution < -0.4 is 0 Å². The summed E-state index contributed by atoms with van der Waals surface area (Å²) in [4.78, 5) is 7.14. The number of nitrogens with zero attached hydrogens (tertiary/aromatic N) is 1. The molecule has 0 saturated carbocycles. The van der Waals surface area contributed by atoms with Crippen molar-refractivity contribution in [1.29, 1.82) is 0 Å². The second kappa shape index (κ2) is 3.45. The molecule has 0 unspecified atom stereocenters. The fraction of sp³-hybridized carbons (Fsp3) is 0. The molecule has 0 fully saturated rings. The van der Waals surface area contributed by atoms with Gasteiger partial charge in [0.15, 0.2) is 0 Å². The Morgan fingerprint density at radius 3 is 2.81 bits per heavy atom. The molecule has 3 heteroatoms. The maximum absolute atomic E-state index is 13.6. The maximum Gasteiger partial charge on any atom is 0.131 e. The molecule has 0 atom stereocenters. The van der Waals surface area contributed by atoms with Gasteiger partial charge in [-0.3, -0.25) is 0 Å². The lowest BCUT2D eigenvalue weighted by Crippen LogP contribution is -1.83. The van der Waals surface area contributed by atoms with Gasteiger partial charge >= 0.3 is 0 Å². The second-order valence-electron chi connectivity index (χ2n) is 3.61. The zero-order valence-corrected chi connectivity index (χ0v) is 8.44. The first-order chi connectivity index (χ1) is 7.84. The Balaban J connectivity index is 2.22. The van der Waals surface area contributed by atoms with Crippen LogP contribution in [-0.4, -0.2) is 9.97 Å². The van der Waals surface area contributed by atoms with Crippen LogP contribution in [0.3, 0.4) is 0 Å². The lowest BCUT2D eigenvalue weighted by Gasteiger charge is -2.02. The van der Waals surface area contributed by atoms with Crippen molar-refractivity contribution in [1.82, 2.24) is 9.97 Å². The van der Waals surface area contributed by atoms with Gasteiger partial charge in [0.25, 0.3) is 0 Å². The van der Waals surface area contributed by atoms with Crippen molar-refractivity contribution in [3.05, 3.63) is 54.6 Å². The van der Waals surface area contributed by atoms with Gasteiger partial charge in [0.1, 0.15) is 5.82 Å². The van der Waals surface area contributed by atoms with Gasteiger partial charge in [-0.1, -0.05) is 24.3 Å². The standard InChI is InChI=1S/C13H9FN2/c14-11-4-2-1-3-10(11)9-5-6-12-13(7-9)16-8-15-12/h1-8H,(H,15,16). The molecule has 0 aliphatic rings. The highest BCUT2D eigenvalue weighted by Gasteiger charge is 2.05. The minimum absolute atomic E-state index is 0.207. The van der Waals surface area contributed by atoms with E-state index in [4.69, 9.17) is 0 Å². The summed E-state index contributed by atoms with van der Waals surface area (Å²) in [5, 5.41) is 0. The SMILES string of the molecule is Fc1ccccc1-c1ccc2nc[nH]c2c1. The minimum atomic E-state index is -0.207. The lowest BCUT2D eigenvalue weighted by atomic mass is 10.0. The normalized spacial score (nSPS) is 10.8. The van der Waals surface area contributed by atoms with Crippen LogP contribution in [0.2, 0.25) is 0 Å². The van der Waals surface area contributed by atoms with Crippen LogP contribution in [0.1, 0.15) is 0 Å². The summed E-state index contributed by atoms with van der Waals surface area (Å²) in [6.07, 6.45) is 1.63. The van der Waals surface area contributed by atoms with Crippen molar-refractivity contribution in [3.63, 3.8) is 0 Å². The van der Waals surface area contributed by atoms with Crippen molar-refractivity contribution < 1.29 is 4.39 Å². The molecule has 1 N–H and O–H groups in total. The predicted octanol–water partition coefficient (Wildman–Crippen LogP) is 3.37. The molecule has 1 heterocycles. The number of halogens is 1. The van der Waals surface area contributed by atoms with Crippen LogP contribution in [0.4, 0.5) is 4.39 Å². The minimum Gasteiger partial charge on any atom is -0.345 e. The third-order valence-corrected chi connectivity index (χ3v) is 2.61. The van der Waals surface area contributed by atoms with E-state index in [2.05, 4.69) is 9.97 Å². The Bertz CT molecular complexity index is 643. The lowest BCUT2D eigenvalue weighted by molar-refractivity contribution is 0.631. The summed E-state index contributed by atoms with van der Waals surface area (Å²) in [5.41, 5.74) is 3.27. The number of nitrogens with one attached hydrogen (secondary N) is 1. The molecular formula is C13H9FN2. The summed E-state index contributed by atoms with van der Waals surface area (Å²) in [6.45, 7) is 0. The van der Waals surface area contributed by atoms with Gasteiger partial charge in [0, 0.05) is 5.56 Å². The van der Waals surface area contributed by atoms with Crippen LogP contribution in [-0.2, 0) is 0 Å². The van der Waals surface area contributed by atoms with Crippen LogP contribution in [0.15, 0.2) is 48.8 Å². The molecule has 0 radical (unpaired) electrons. The Morgan fingerprint density at radius 1 is 1.06 bits per heavy atom. The van der Waals surface area contributed by atoms with Gasteiger partial charge in [-0.25, -0.2) is 9.37 Å². The van der Waals surface area contributed by atoms with E-state index < -0.39 is 0 Å². The number of hydrogen-bond acceptors (Lipinski definition) is 1. The molecule has 0 amide bonds. The summed E-state index contributed by atoms with van der Waals surface area (Å²) < 4.78 is 13.6. The van der Waals surface area contributed by atoms with Crippen LogP contribution >= 0.6 is 0 Å². The molecular weight excluding hydrogens is 203 g/mol. The Labute approximate surface area is 91.8 Å². The van der Waals surface area contributed by atoms with Crippen LogP contribution in [0.5, 0.6) is 0 Å². The number of fused-ring (bicyclic) bond motifs is 1. The first-order valence-electron chi connectivity index (χ1n) is 5.02. The number of aromatic nitrogens is 2. The molecule has 0 aliphatic heterocycles. The molecule has 78 valence electrons. The third kappa shape index (κ3) is 1.37. The highest BCUT2D eigenvalue weighted by molar-refractivity contribution is 5.81. The van der Waals surface area contributed by atoms with E-state index in [0.29, 0.717) is 5.56 Å². The van der Waals surface area contributed by atoms with Gasteiger partial charge < -0.3 is 4.98 Å². The van der Waals surface area contributed by atoms with Crippen molar-refractivity contribution >= 4 is 11.0 Å². The number of hydrogen-bond donors (Lipinski definition) is 1. The zero-order chi connectivity index (χ0) is 11.0. The summed E-state index contributed by atoms with van der Waals surface area (Å²) in [5.74, 6) is -0.207. The number of imidazole rings is 1. The Hall–Kier alpha value is -2.16. The molecule has 3 aromatic rings.